The van der Waals surface area contributed by atoms with Gasteiger partial charge in [0.1, 0.15) is 5.69 Å². The van der Waals surface area contributed by atoms with E-state index in [0.717, 1.165) is 45.9 Å². The summed E-state index contributed by atoms with van der Waals surface area (Å²) in [6, 6.07) is 16.3. The number of carbonyl (C=O) groups excluding carboxylic acids is 1. The lowest BCUT2D eigenvalue weighted by molar-refractivity contribution is 0.0626. The molecule has 0 aliphatic carbocycles. The first-order valence-electron chi connectivity index (χ1n) is 8.86. The minimum atomic E-state index is 0.0477. The summed E-state index contributed by atoms with van der Waals surface area (Å²) in [6.45, 7) is 1.36. The number of ether oxygens (including phenoxy) is 1. The first-order chi connectivity index (χ1) is 12.7. The number of carbonyl (C=O) groups is 1. The van der Waals surface area contributed by atoms with Gasteiger partial charge in [-0.1, -0.05) is 42.5 Å². The van der Waals surface area contributed by atoms with Crippen molar-refractivity contribution in [3.05, 3.63) is 58.7 Å². The number of fused-ring (bicyclic) bond motifs is 1. The van der Waals surface area contributed by atoms with E-state index in [4.69, 9.17) is 4.74 Å². The summed E-state index contributed by atoms with van der Waals surface area (Å²) in [6.07, 6.45) is 2.01. The molecule has 2 aromatic carbocycles. The first kappa shape index (κ1) is 17.3. The molecular weight excluding hydrogens is 392 g/mol. The van der Waals surface area contributed by atoms with Gasteiger partial charge in [-0.05, 0) is 40.4 Å². The van der Waals surface area contributed by atoms with E-state index in [9.17, 15) is 4.79 Å². The smallest absolute Gasteiger partial charge is 0.271 e. The molecule has 2 heterocycles. The van der Waals surface area contributed by atoms with Gasteiger partial charge in [-0.25, -0.2) is 0 Å². The number of nitrogens with zero attached hydrogens (tertiary/aromatic N) is 1. The molecule has 3 aromatic rings. The largest absolute Gasteiger partial charge is 0.383 e. The molecule has 0 radical (unpaired) electrons. The number of H-pyrrole nitrogens is 1. The summed E-state index contributed by atoms with van der Waals surface area (Å²) in [5, 5.41) is 1.05. The molecule has 0 spiro atoms. The minimum absolute atomic E-state index is 0.0477. The average Bonchev–Trinajstić information content (AvgIpc) is 3.27. The van der Waals surface area contributed by atoms with Crippen molar-refractivity contribution in [2.75, 3.05) is 20.3 Å². The van der Waals surface area contributed by atoms with Crippen LogP contribution in [0.3, 0.4) is 0 Å². The van der Waals surface area contributed by atoms with Crippen molar-refractivity contribution in [1.82, 2.24) is 9.88 Å². The number of para-hydroxylation sites is 1. The van der Waals surface area contributed by atoms with E-state index in [-0.39, 0.29) is 11.9 Å². The summed E-state index contributed by atoms with van der Waals surface area (Å²) in [7, 11) is 1.69. The van der Waals surface area contributed by atoms with Crippen molar-refractivity contribution < 1.29 is 9.53 Å². The van der Waals surface area contributed by atoms with E-state index in [1.54, 1.807) is 7.11 Å². The van der Waals surface area contributed by atoms with E-state index in [2.05, 4.69) is 39.1 Å². The molecule has 1 saturated heterocycles. The van der Waals surface area contributed by atoms with Crippen LogP contribution in [-0.2, 0) is 4.74 Å². The lowest BCUT2D eigenvalue weighted by atomic mass is 10.0. The van der Waals surface area contributed by atoms with Crippen LogP contribution in [0.2, 0.25) is 0 Å². The van der Waals surface area contributed by atoms with Crippen LogP contribution in [0.15, 0.2) is 53.0 Å². The van der Waals surface area contributed by atoms with Gasteiger partial charge < -0.3 is 14.6 Å². The summed E-state index contributed by atoms with van der Waals surface area (Å²) in [5.41, 5.74) is 3.62. The van der Waals surface area contributed by atoms with Crippen molar-refractivity contribution in [2.45, 2.75) is 18.9 Å². The van der Waals surface area contributed by atoms with Crippen LogP contribution < -0.4 is 0 Å². The maximum Gasteiger partial charge on any atom is 0.271 e. The zero-order chi connectivity index (χ0) is 18.1. The number of methoxy groups -OCH3 is 1. The maximum absolute atomic E-state index is 13.4. The Morgan fingerprint density at radius 3 is 2.81 bits per heavy atom. The number of halogens is 1. The minimum Gasteiger partial charge on any atom is -0.383 e. The number of amides is 1. The van der Waals surface area contributed by atoms with Gasteiger partial charge in [-0.15, -0.1) is 0 Å². The van der Waals surface area contributed by atoms with Crippen LogP contribution >= 0.6 is 15.9 Å². The quantitative estimate of drug-likeness (QED) is 0.665. The number of benzene rings is 2. The second-order valence-electron chi connectivity index (χ2n) is 6.65. The third-order valence-corrected chi connectivity index (χ3v) is 5.72. The number of hydrogen-bond donors (Lipinski definition) is 1. The van der Waals surface area contributed by atoms with Crippen molar-refractivity contribution in [3.8, 4) is 11.1 Å². The molecule has 1 fully saturated rings. The van der Waals surface area contributed by atoms with E-state index in [1.807, 2.05) is 35.2 Å². The SMILES string of the molecule is COC[C@@H]1CCCN1C(=O)c1[nH]c2c(Br)cccc2c1-c1ccccc1. The molecule has 134 valence electrons. The zero-order valence-corrected chi connectivity index (χ0v) is 16.3. The molecule has 0 bridgehead atoms. The summed E-state index contributed by atoms with van der Waals surface area (Å²) in [5.74, 6) is 0.0477. The van der Waals surface area contributed by atoms with Crippen LogP contribution in [0.4, 0.5) is 0 Å². The fraction of sp³-hybridized carbons (Fsp3) is 0.286. The Morgan fingerprint density at radius 1 is 1.23 bits per heavy atom. The highest BCUT2D eigenvalue weighted by Crippen LogP contribution is 2.37. The molecule has 0 saturated carbocycles. The van der Waals surface area contributed by atoms with E-state index < -0.39 is 0 Å². The first-order valence-corrected chi connectivity index (χ1v) is 9.65. The van der Waals surface area contributed by atoms with Crippen molar-refractivity contribution in [3.63, 3.8) is 0 Å². The predicted molar refractivity (Wildman–Crippen MR) is 107 cm³/mol. The third-order valence-electron chi connectivity index (χ3n) is 5.06. The third kappa shape index (κ3) is 2.95. The van der Waals surface area contributed by atoms with Crippen LogP contribution in [0.25, 0.3) is 22.0 Å². The molecular formula is C21H21BrN2O2. The highest BCUT2D eigenvalue weighted by molar-refractivity contribution is 9.10. The lowest BCUT2D eigenvalue weighted by Gasteiger charge is -2.24. The Bertz CT molecular complexity index is 936. The Labute approximate surface area is 161 Å². The van der Waals surface area contributed by atoms with Gasteiger partial charge in [-0.2, -0.15) is 0 Å². The van der Waals surface area contributed by atoms with Crippen LogP contribution in [0.1, 0.15) is 23.3 Å². The normalized spacial score (nSPS) is 17.2. The Morgan fingerprint density at radius 2 is 2.04 bits per heavy atom. The van der Waals surface area contributed by atoms with Crippen LogP contribution in [-0.4, -0.2) is 42.1 Å². The Balaban J connectivity index is 1.87. The molecule has 26 heavy (non-hydrogen) atoms. The molecule has 1 aromatic heterocycles. The highest BCUT2D eigenvalue weighted by Gasteiger charge is 2.32. The number of likely N-dealkylation sites (tertiary alicyclic amines) is 1. The second-order valence-corrected chi connectivity index (χ2v) is 7.51. The van der Waals surface area contributed by atoms with Gasteiger partial charge in [-0.3, -0.25) is 4.79 Å². The van der Waals surface area contributed by atoms with Gasteiger partial charge in [0.15, 0.2) is 0 Å². The molecule has 1 aliphatic rings. The van der Waals surface area contributed by atoms with Gasteiger partial charge >= 0.3 is 0 Å². The lowest BCUT2D eigenvalue weighted by Crippen LogP contribution is -2.38. The monoisotopic (exact) mass is 412 g/mol. The number of nitrogens with one attached hydrogen (secondary N) is 1. The number of aromatic amines is 1. The topological polar surface area (TPSA) is 45.3 Å². The summed E-state index contributed by atoms with van der Waals surface area (Å²) < 4.78 is 6.28. The van der Waals surface area contributed by atoms with E-state index >= 15 is 0 Å². The molecule has 4 rings (SSSR count). The number of rotatable bonds is 4. The molecule has 1 amide bonds. The molecule has 5 heteroatoms. The molecule has 0 unspecified atom stereocenters. The Hall–Kier alpha value is -2.11. The standard InChI is InChI=1S/C21H21BrN2O2/c1-26-13-15-9-6-12-24(15)21(25)20-18(14-7-3-2-4-8-14)16-10-5-11-17(22)19(16)23-20/h2-5,7-8,10-11,15,23H,6,9,12-13H2,1H3/t15-/m0/s1. The van der Waals surface area contributed by atoms with Crippen molar-refractivity contribution in [1.29, 1.82) is 0 Å². The fourth-order valence-electron chi connectivity index (χ4n) is 3.86. The maximum atomic E-state index is 13.4. The van der Waals surface area contributed by atoms with Gasteiger partial charge in [0, 0.05) is 29.1 Å². The van der Waals surface area contributed by atoms with Crippen molar-refractivity contribution in [2.24, 2.45) is 0 Å². The van der Waals surface area contributed by atoms with Crippen LogP contribution in [0.5, 0.6) is 0 Å². The fourth-order valence-corrected chi connectivity index (χ4v) is 4.32. The summed E-state index contributed by atoms with van der Waals surface area (Å²) >= 11 is 3.61. The number of aromatic nitrogens is 1. The Kier molecular flexibility index (Phi) is 4.83. The number of hydrogen-bond acceptors (Lipinski definition) is 2. The zero-order valence-electron chi connectivity index (χ0n) is 14.7. The van der Waals surface area contributed by atoms with Crippen LogP contribution in [0, 0.1) is 0 Å². The van der Waals surface area contributed by atoms with E-state index in [1.165, 1.54) is 0 Å². The highest BCUT2D eigenvalue weighted by atomic mass is 79.9. The molecule has 4 nitrogen and oxygen atoms in total. The molecule has 1 N–H and O–H groups in total. The molecule has 1 aliphatic heterocycles. The van der Waals surface area contributed by atoms with Gasteiger partial charge in [0.2, 0.25) is 0 Å². The summed E-state index contributed by atoms with van der Waals surface area (Å²) in [4.78, 5) is 18.8. The van der Waals surface area contributed by atoms with Crippen molar-refractivity contribution >= 4 is 32.7 Å². The van der Waals surface area contributed by atoms with Gasteiger partial charge in [0.25, 0.3) is 5.91 Å². The van der Waals surface area contributed by atoms with E-state index in [0.29, 0.717) is 12.3 Å². The second kappa shape index (κ2) is 7.25. The predicted octanol–water partition coefficient (Wildman–Crippen LogP) is 4.85. The molecule has 1 atom stereocenters. The van der Waals surface area contributed by atoms with Gasteiger partial charge in [0.05, 0.1) is 18.2 Å². The average molecular weight is 413 g/mol.